The van der Waals surface area contributed by atoms with Crippen molar-refractivity contribution in [1.82, 2.24) is 0 Å². The summed E-state index contributed by atoms with van der Waals surface area (Å²) in [7, 11) is 1.73. The molecular weight excluding hydrogens is 222 g/mol. The number of benzene rings is 1. The summed E-state index contributed by atoms with van der Waals surface area (Å²) in [5.74, 6) is 2.57. The van der Waals surface area contributed by atoms with Gasteiger partial charge in [0.1, 0.15) is 5.75 Å². The first-order chi connectivity index (χ1) is 8.49. The molecule has 0 saturated heterocycles. The summed E-state index contributed by atoms with van der Waals surface area (Å²) in [6.07, 6.45) is 1.14. The average molecular weight is 249 g/mol. The highest BCUT2D eigenvalue weighted by Crippen LogP contribution is 2.31. The molecule has 2 N–H and O–H groups in total. The second kappa shape index (κ2) is 6.79. The highest BCUT2D eigenvalue weighted by Gasteiger charge is 2.15. The molecular formula is C16H27NO. The third-order valence-electron chi connectivity index (χ3n) is 3.39. The van der Waals surface area contributed by atoms with E-state index in [2.05, 4.69) is 45.9 Å². The second-order valence-electron chi connectivity index (χ2n) is 5.72. The van der Waals surface area contributed by atoms with E-state index in [-0.39, 0.29) is 0 Å². The minimum Gasteiger partial charge on any atom is -0.496 e. The average Bonchev–Trinajstić information content (AvgIpc) is 2.34. The van der Waals surface area contributed by atoms with E-state index < -0.39 is 0 Å². The zero-order chi connectivity index (χ0) is 13.7. The quantitative estimate of drug-likeness (QED) is 0.829. The first-order valence-electron chi connectivity index (χ1n) is 6.87. The van der Waals surface area contributed by atoms with Gasteiger partial charge in [0.15, 0.2) is 0 Å². The Balaban J connectivity index is 3.05. The van der Waals surface area contributed by atoms with Crippen LogP contribution in [0.15, 0.2) is 18.2 Å². The largest absolute Gasteiger partial charge is 0.496 e. The molecule has 0 heterocycles. The van der Waals surface area contributed by atoms with Crippen LogP contribution in [-0.4, -0.2) is 13.7 Å². The number of hydrogen-bond acceptors (Lipinski definition) is 2. The maximum atomic E-state index is 5.92. The van der Waals surface area contributed by atoms with Crippen molar-refractivity contribution in [3.8, 4) is 5.75 Å². The first kappa shape index (κ1) is 15.0. The van der Waals surface area contributed by atoms with Crippen molar-refractivity contribution in [1.29, 1.82) is 0 Å². The van der Waals surface area contributed by atoms with E-state index in [1.807, 2.05) is 0 Å². The monoisotopic (exact) mass is 249 g/mol. The normalized spacial score (nSPS) is 13.1. The molecule has 0 aliphatic carbocycles. The smallest absolute Gasteiger partial charge is 0.122 e. The number of methoxy groups -OCH3 is 1. The van der Waals surface area contributed by atoms with Gasteiger partial charge in [-0.15, -0.1) is 0 Å². The molecule has 0 aromatic heterocycles. The van der Waals surface area contributed by atoms with Crippen LogP contribution in [0.5, 0.6) is 5.75 Å². The van der Waals surface area contributed by atoms with Crippen LogP contribution in [0, 0.1) is 5.92 Å². The lowest BCUT2D eigenvalue weighted by molar-refractivity contribution is 0.407. The van der Waals surface area contributed by atoms with Crippen LogP contribution in [-0.2, 0) is 0 Å². The molecule has 1 rings (SSSR count). The van der Waals surface area contributed by atoms with Crippen LogP contribution in [0.25, 0.3) is 0 Å². The van der Waals surface area contributed by atoms with E-state index in [1.54, 1.807) is 7.11 Å². The molecule has 0 amide bonds. The van der Waals surface area contributed by atoms with Crippen molar-refractivity contribution in [3.63, 3.8) is 0 Å². The highest BCUT2D eigenvalue weighted by atomic mass is 16.5. The van der Waals surface area contributed by atoms with Gasteiger partial charge in [0, 0.05) is 0 Å². The van der Waals surface area contributed by atoms with Crippen LogP contribution in [0.2, 0.25) is 0 Å². The molecule has 1 aromatic rings. The molecule has 0 aliphatic rings. The number of rotatable bonds is 6. The zero-order valence-electron chi connectivity index (χ0n) is 12.4. The van der Waals surface area contributed by atoms with Crippen LogP contribution >= 0.6 is 0 Å². The van der Waals surface area contributed by atoms with Gasteiger partial charge >= 0.3 is 0 Å². The Bertz CT molecular complexity index is 371. The maximum absolute atomic E-state index is 5.92. The van der Waals surface area contributed by atoms with Gasteiger partial charge in [0.25, 0.3) is 0 Å². The number of nitrogens with two attached hydrogens (primary N) is 1. The fraction of sp³-hybridized carbons (Fsp3) is 0.625. The van der Waals surface area contributed by atoms with E-state index in [1.165, 1.54) is 11.1 Å². The number of hydrogen-bond donors (Lipinski definition) is 1. The van der Waals surface area contributed by atoms with Crippen molar-refractivity contribution in [2.24, 2.45) is 11.7 Å². The molecule has 0 bridgehead atoms. The van der Waals surface area contributed by atoms with Crippen molar-refractivity contribution in [2.45, 2.75) is 46.0 Å². The molecule has 0 radical (unpaired) electrons. The fourth-order valence-corrected chi connectivity index (χ4v) is 2.40. The van der Waals surface area contributed by atoms with E-state index >= 15 is 0 Å². The van der Waals surface area contributed by atoms with Gasteiger partial charge in [-0.2, -0.15) is 0 Å². The van der Waals surface area contributed by atoms with E-state index in [0.29, 0.717) is 24.3 Å². The van der Waals surface area contributed by atoms with Crippen LogP contribution in [0.1, 0.15) is 57.1 Å². The minimum absolute atomic E-state index is 0.452. The summed E-state index contributed by atoms with van der Waals surface area (Å²) in [6, 6.07) is 6.50. The van der Waals surface area contributed by atoms with Gasteiger partial charge in [-0.05, 0) is 47.9 Å². The Morgan fingerprint density at radius 1 is 1.17 bits per heavy atom. The van der Waals surface area contributed by atoms with Crippen LogP contribution in [0.4, 0.5) is 0 Å². The van der Waals surface area contributed by atoms with Crippen molar-refractivity contribution in [2.75, 3.05) is 13.7 Å². The fourth-order valence-electron chi connectivity index (χ4n) is 2.40. The summed E-state index contributed by atoms with van der Waals surface area (Å²) in [4.78, 5) is 0. The Morgan fingerprint density at radius 3 is 2.28 bits per heavy atom. The Labute approximate surface area is 112 Å². The molecule has 0 spiro atoms. The highest BCUT2D eigenvalue weighted by molar-refractivity contribution is 5.40. The van der Waals surface area contributed by atoms with Crippen LogP contribution in [0.3, 0.4) is 0 Å². The predicted molar refractivity (Wildman–Crippen MR) is 78.3 cm³/mol. The molecule has 102 valence electrons. The Morgan fingerprint density at radius 2 is 1.83 bits per heavy atom. The van der Waals surface area contributed by atoms with Crippen molar-refractivity contribution < 1.29 is 4.74 Å². The third kappa shape index (κ3) is 3.74. The second-order valence-corrected chi connectivity index (χ2v) is 5.72. The summed E-state index contributed by atoms with van der Waals surface area (Å²) in [6.45, 7) is 9.59. The zero-order valence-corrected chi connectivity index (χ0v) is 12.4. The molecule has 18 heavy (non-hydrogen) atoms. The van der Waals surface area contributed by atoms with Gasteiger partial charge in [-0.3, -0.25) is 0 Å². The lowest BCUT2D eigenvalue weighted by Crippen LogP contribution is -2.15. The van der Waals surface area contributed by atoms with Gasteiger partial charge in [-0.25, -0.2) is 0 Å². The topological polar surface area (TPSA) is 35.2 Å². The van der Waals surface area contributed by atoms with Crippen LogP contribution < -0.4 is 10.5 Å². The Kier molecular flexibility index (Phi) is 5.67. The van der Waals surface area contributed by atoms with E-state index in [9.17, 15) is 0 Å². The lowest BCUT2D eigenvalue weighted by atomic mass is 9.88. The molecule has 2 heteroatoms. The molecule has 0 aliphatic heterocycles. The standard InChI is InChI=1S/C16H27NO/c1-11(2)8-14(10-17)13-6-7-16(18-5)15(9-13)12(3)4/h6-7,9,11-12,14H,8,10,17H2,1-5H3. The molecule has 0 fully saturated rings. The summed E-state index contributed by atoms with van der Waals surface area (Å²) >= 11 is 0. The molecule has 1 unspecified atom stereocenters. The SMILES string of the molecule is COc1ccc(C(CN)CC(C)C)cc1C(C)C. The summed E-state index contributed by atoms with van der Waals surface area (Å²) < 4.78 is 5.42. The Hall–Kier alpha value is -1.02. The molecule has 1 atom stereocenters. The van der Waals surface area contributed by atoms with Crippen molar-refractivity contribution in [3.05, 3.63) is 29.3 Å². The third-order valence-corrected chi connectivity index (χ3v) is 3.39. The summed E-state index contributed by atoms with van der Waals surface area (Å²) in [5, 5.41) is 0. The minimum atomic E-state index is 0.452. The van der Waals surface area contributed by atoms with E-state index in [4.69, 9.17) is 10.5 Å². The van der Waals surface area contributed by atoms with Gasteiger partial charge < -0.3 is 10.5 Å². The molecule has 1 aromatic carbocycles. The van der Waals surface area contributed by atoms with Gasteiger partial charge in [0.05, 0.1) is 7.11 Å². The molecule has 2 nitrogen and oxygen atoms in total. The van der Waals surface area contributed by atoms with E-state index in [0.717, 1.165) is 12.2 Å². The number of ether oxygens (including phenoxy) is 1. The lowest BCUT2D eigenvalue weighted by Gasteiger charge is -2.20. The first-order valence-corrected chi connectivity index (χ1v) is 6.87. The van der Waals surface area contributed by atoms with Gasteiger partial charge in [-0.1, -0.05) is 39.8 Å². The van der Waals surface area contributed by atoms with Gasteiger partial charge in [0.2, 0.25) is 0 Å². The van der Waals surface area contributed by atoms with Crippen molar-refractivity contribution >= 4 is 0 Å². The molecule has 0 saturated carbocycles. The summed E-state index contributed by atoms with van der Waals surface area (Å²) in [5.41, 5.74) is 8.54. The predicted octanol–water partition coefficient (Wildman–Crippen LogP) is 3.91. The maximum Gasteiger partial charge on any atom is 0.122 e.